The van der Waals surface area contributed by atoms with Gasteiger partial charge in [-0.1, -0.05) is 13.8 Å². The second-order valence-corrected chi connectivity index (χ2v) is 6.34. The minimum Gasteiger partial charge on any atom is -0.467 e. The maximum Gasteiger partial charge on any atom is 0.343 e. The number of methoxy groups -OCH3 is 1. The molecule has 1 atom stereocenters. The van der Waals surface area contributed by atoms with Crippen LogP contribution >= 0.6 is 11.5 Å². The fraction of sp³-hybridized carbons (Fsp3) is 0.600. The second-order valence-electron chi connectivity index (χ2n) is 5.57. The molecule has 0 spiro atoms. The van der Waals surface area contributed by atoms with E-state index < -0.39 is 30.5 Å². The average molecular weight is 357 g/mol. The highest BCUT2D eigenvalue weighted by molar-refractivity contribution is 7.10. The van der Waals surface area contributed by atoms with Gasteiger partial charge < -0.3 is 20.1 Å². The molecule has 9 heteroatoms. The topological polar surface area (TPSA) is 107 Å². The molecular formula is C15H23N3O5S. The van der Waals surface area contributed by atoms with Gasteiger partial charge in [0.15, 0.2) is 6.61 Å². The van der Waals surface area contributed by atoms with Crippen molar-refractivity contribution in [1.82, 2.24) is 9.69 Å². The lowest BCUT2D eigenvalue weighted by Crippen LogP contribution is -2.44. The van der Waals surface area contributed by atoms with Gasteiger partial charge in [0, 0.05) is 7.05 Å². The van der Waals surface area contributed by atoms with E-state index in [0.717, 1.165) is 11.5 Å². The number of anilines is 1. The molecular weight excluding hydrogens is 334 g/mol. The first-order chi connectivity index (χ1) is 11.3. The van der Waals surface area contributed by atoms with Crippen molar-refractivity contribution in [3.05, 3.63) is 11.3 Å². The number of hydrogen-bond acceptors (Lipinski definition) is 8. The van der Waals surface area contributed by atoms with E-state index >= 15 is 0 Å². The molecule has 0 aliphatic rings. The van der Waals surface area contributed by atoms with Gasteiger partial charge in [-0.05, 0) is 30.8 Å². The zero-order valence-electron chi connectivity index (χ0n) is 14.5. The molecule has 0 saturated carbocycles. The predicted molar refractivity (Wildman–Crippen MR) is 90.1 cm³/mol. The van der Waals surface area contributed by atoms with E-state index in [0.29, 0.717) is 22.7 Å². The highest BCUT2D eigenvalue weighted by Gasteiger charge is 2.24. The zero-order chi connectivity index (χ0) is 18.3. The molecule has 0 aromatic carbocycles. The van der Waals surface area contributed by atoms with Gasteiger partial charge in [0.2, 0.25) is 0 Å². The minimum atomic E-state index is -0.765. The first-order valence-corrected chi connectivity index (χ1v) is 8.25. The number of nitrogens with zero attached hydrogens (tertiary/aromatic N) is 1. The Balaban J connectivity index is 2.62. The second kappa shape index (κ2) is 9.21. The normalized spacial score (nSPS) is 11.8. The summed E-state index contributed by atoms with van der Waals surface area (Å²) in [6.07, 6.45) is 0.434. The van der Waals surface area contributed by atoms with Gasteiger partial charge in [-0.2, -0.15) is 4.37 Å². The van der Waals surface area contributed by atoms with E-state index in [-0.39, 0.29) is 5.92 Å². The first kappa shape index (κ1) is 19.9. The molecule has 0 aliphatic heterocycles. The lowest BCUT2D eigenvalue weighted by Gasteiger charge is -2.18. The Bertz CT molecular complexity index is 600. The van der Waals surface area contributed by atoms with Crippen LogP contribution in [0.15, 0.2) is 0 Å². The molecule has 0 fully saturated rings. The number of rotatable bonds is 8. The standard InChI is InChI=1S/C15H23N3O5S/c1-8(2)6-10(14(20)22-5)17-11(19)7-23-15(21)12-9(3)18-24-13(12)16-4/h8,10,16H,6-7H2,1-5H3,(H,17,19). The lowest BCUT2D eigenvalue weighted by molar-refractivity contribution is -0.145. The van der Waals surface area contributed by atoms with Crippen molar-refractivity contribution < 1.29 is 23.9 Å². The molecule has 1 heterocycles. The summed E-state index contributed by atoms with van der Waals surface area (Å²) in [7, 11) is 2.93. The number of carbonyl (C=O) groups is 3. The van der Waals surface area contributed by atoms with Crippen molar-refractivity contribution in [2.24, 2.45) is 5.92 Å². The van der Waals surface area contributed by atoms with Crippen molar-refractivity contribution in [2.75, 3.05) is 26.1 Å². The number of nitrogens with one attached hydrogen (secondary N) is 2. The van der Waals surface area contributed by atoms with Crippen LogP contribution in [0.3, 0.4) is 0 Å². The maximum absolute atomic E-state index is 12.1. The van der Waals surface area contributed by atoms with Crippen LogP contribution in [0.5, 0.6) is 0 Å². The van der Waals surface area contributed by atoms with E-state index in [9.17, 15) is 14.4 Å². The number of aryl methyl sites for hydroxylation is 1. The Morgan fingerprint density at radius 1 is 1.29 bits per heavy atom. The molecule has 0 bridgehead atoms. The first-order valence-electron chi connectivity index (χ1n) is 7.48. The third-order valence-electron chi connectivity index (χ3n) is 3.16. The van der Waals surface area contributed by atoms with E-state index in [4.69, 9.17) is 4.74 Å². The zero-order valence-corrected chi connectivity index (χ0v) is 15.3. The van der Waals surface area contributed by atoms with Crippen LogP contribution in [0.4, 0.5) is 5.00 Å². The summed E-state index contributed by atoms with van der Waals surface area (Å²) in [5, 5.41) is 5.95. The molecule has 0 saturated heterocycles. The largest absolute Gasteiger partial charge is 0.467 e. The van der Waals surface area contributed by atoms with Crippen molar-refractivity contribution in [3.63, 3.8) is 0 Å². The fourth-order valence-electron chi connectivity index (χ4n) is 2.05. The minimum absolute atomic E-state index is 0.190. The van der Waals surface area contributed by atoms with Gasteiger partial charge in [-0.3, -0.25) is 4.79 Å². The Kier molecular flexibility index (Phi) is 7.63. The summed E-state index contributed by atoms with van der Waals surface area (Å²) in [6.45, 7) is 5.05. The summed E-state index contributed by atoms with van der Waals surface area (Å²) in [5.74, 6) is -1.54. The molecule has 2 N–H and O–H groups in total. The predicted octanol–water partition coefficient (Wildman–Crippen LogP) is 1.35. The third-order valence-corrected chi connectivity index (χ3v) is 4.11. The van der Waals surface area contributed by atoms with E-state index in [2.05, 4.69) is 19.7 Å². The van der Waals surface area contributed by atoms with Crippen LogP contribution in [-0.4, -0.2) is 49.0 Å². The number of amides is 1. The van der Waals surface area contributed by atoms with Crippen LogP contribution < -0.4 is 10.6 Å². The number of ether oxygens (including phenoxy) is 2. The molecule has 1 unspecified atom stereocenters. The van der Waals surface area contributed by atoms with Gasteiger partial charge in [0.25, 0.3) is 5.91 Å². The molecule has 1 rings (SSSR count). The Hall–Kier alpha value is -2.16. The summed E-state index contributed by atoms with van der Waals surface area (Å²) in [6, 6.07) is -0.765. The van der Waals surface area contributed by atoms with E-state index in [1.165, 1.54) is 7.11 Å². The summed E-state index contributed by atoms with van der Waals surface area (Å²) in [5.41, 5.74) is 0.837. The maximum atomic E-state index is 12.1. The van der Waals surface area contributed by atoms with Gasteiger partial charge in [-0.25, -0.2) is 9.59 Å². The number of esters is 2. The van der Waals surface area contributed by atoms with Crippen LogP contribution in [0.25, 0.3) is 0 Å². The SMILES string of the molecule is CNc1snc(C)c1C(=O)OCC(=O)NC(CC(C)C)C(=O)OC. The van der Waals surface area contributed by atoms with Crippen molar-refractivity contribution >= 4 is 34.4 Å². The fourth-order valence-corrected chi connectivity index (χ4v) is 2.78. The molecule has 8 nitrogen and oxygen atoms in total. The Labute approximate surface area is 145 Å². The molecule has 24 heavy (non-hydrogen) atoms. The summed E-state index contributed by atoms with van der Waals surface area (Å²) < 4.78 is 13.7. The lowest BCUT2D eigenvalue weighted by atomic mass is 10.0. The van der Waals surface area contributed by atoms with Crippen molar-refractivity contribution in [3.8, 4) is 0 Å². The quantitative estimate of drug-likeness (QED) is 0.676. The van der Waals surface area contributed by atoms with Gasteiger partial charge in [0.05, 0.1) is 12.8 Å². The van der Waals surface area contributed by atoms with Crippen LogP contribution in [0, 0.1) is 12.8 Å². The van der Waals surface area contributed by atoms with Crippen LogP contribution in [0.1, 0.15) is 36.3 Å². The van der Waals surface area contributed by atoms with Gasteiger partial charge in [-0.15, -0.1) is 0 Å². The molecule has 1 aromatic rings. The monoisotopic (exact) mass is 357 g/mol. The molecule has 0 radical (unpaired) electrons. The number of hydrogen-bond donors (Lipinski definition) is 2. The number of aromatic nitrogens is 1. The third kappa shape index (κ3) is 5.48. The molecule has 1 aromatic heterocycles. The summed E-state index contributed by atoms with van der Waals surface area (Å²) in [4.78, 5) is 35.7. The molecule has 134 valence electrons. The summed E-state index contributed by atoms with van der Waals surface area (Å²) >= 11 is 1.14. The highest BCUT2D eigenvalue weighted by Crippen LogP contribution is 2.24. The highest BCUT2D eigenvalue weighted by atomic mass is 32.1. The van der Waals surface area contributed by atoms with Crippen molar-refractivity contribution in [1.29, 1.82) is 0 Å². The number of carbonyl (C=O) groups excluding carboxylic acids is 3. The molecule has 0 aliphatic carbocycles. The Morgan fingerprint density at radius 2 is 1.96 bits per heavy atom. The van der Waals surface area contributed by atoms with Gasteiger partial charge >= 0.3 is 11.9 Å². The Morgan fingerprint density at radius 3 is 2.50 bits per heavy atom. The smallest absolute Gasteiger partial charge is 0.343 e. The molecule has 1 amide bonds. The van der Waals surface area contributed by atoms with Crippen LogP contribution in [0.2, 0.25) is 0 Å². The van der Waals surface area contributed by atoms with Gasteiger partial charge in [0.1, 0.15) is 16.6 Å². The average Bonchev–Trinajstić information content (AvgIpc) is 2.91. The van der Waals surface area contributed by atoms with E-state index in [1.807, 2.05) is 13.8 Å². The van der Waals surface area contributed by atoms with Crippen LogP contribution in [-0.2, 0) is 19.1 Å². The van der Waals surface area contributed by atoms with Crippen molar-refractivity contribution in [2.45, 2.75) is 33.2 Å². The van der Waals surface area contributed by atoms with E-state index in [1.54, 1.807) is 14.0 Å².